The number of nitrogens with zero attached hydrogens (tertiary/aromatic N) is 4. The zero-order chi connectivity index (χ0) is 21.7. The van der Waals surface area contributed by atoms with Gasteiger partial charge in [-0.3, -0.25) is 14.5 Å². The third-order valence-electron chi connectivity index (χ3n) is 4.42. The van der Waals surface area contributed by atoms with E-state index in [4.69, 9.17) is 0 Å². The molecule has 0 aliphatic carbocycles. The molecule has 156 valence electrons. The first-order valence-corrected chi connectivity index (χ1v) is 10.7. The molecule has 0 fully saturated rings. The molecule has 31 heavy (non-hydrogen) atoms. The van der Waals surface area contributed by atoms with Gasteiger partial charge in [-0.1, -0.05) is 18.2 Å². The van der Waals surface area contributed by atoms with Crippen molar-refractivity contribution in [1.82, 2.24) is 19.7 Å². The number of amides is 1. The second kappa shape index (κ2) is 8.76. The highest BCUT2D eigenvalue weighted by atomic mass is 32.2. The van der Waals surface area contributed by atoms with E-state index < -0.39 is 10.0 Å². The van der Waals surface area contributed by atoms with Crippen LogP contribution in [0.1, 0.15) is 15.9 Å². The number of anilines is 2. The van der Waals surface area contributed by atoms with Crippen molar-refractivity contribution in [2.45, 2.75) is 11.4 Å². The van der Waals surface area contributed by atoms with Gasteiger partial charge in [-0.25, -0.2) is 18.1 Å². The third kappa shape index (κ3) is 4.93. The zero-order valence-electron chi connectivity index (χ0n) is 16.2. The van der Waals surface area contributed by atoms with Gasteiger partial charge in [0.05, 0.1) is 17.1 Å². The number of carbonyl (C=O) groups excluding carboxylic acids is 1. The minimum absolute atomic E-state index is 0.0486. The van der Waals surface area contributed by atoms with Crippen molar-refractivity contribution >= 4 is 27.3 Å². The predicted molar refractivity (Wildman–Crippen MR) is 115 cm³/mol. The molecule has 2 aromatic heterocycles. The highest BCUT2D eigenvalue weighted by Gasteiger charge is 2.16. The van der Waals surface area contributed by atoms with Crippen LogP contribution in [-0.4, -0.2) is 34.1 Å². The summed E-state index contributed by atoms with van der Waals surface area (Å²) < 4.78 is 29.2. The first-order chi connectivity index (χ1) is 15.0. The molecule has 2 N–H and O–H groups in total. The molecule has 0 aliphatic heterocycles. The molecule has 2 aromatic carbocycles. The molecular formula is C21H18N6O3S. The molecular weight excluding hydrogens is 416 g/mol. The molecule has 1 amide bonds. The molecule has 4 aromatic rings. The monoisotopic (exact) mass is 434 g/mol. The van der Waals surface area contributed by atoms with Crippen molar-refractivity contribution in [2.24, 2.45) is 0 Å². The summed E-state index contributed by atoms with van der Waals surface area (Å²) >= 11 is 0. The Hall–Kier alpha value is -4.05. The number of benzene rings is 2. The topological polar surface area (TPSA) is 119 Å². The van der Waals surface area contributed by atoms with E-state index in [1.165, 1.54) is 43.0 Å². The molecule has 10 heteroatoms. The van der Waals surface area contributed by atoms with E-state index in [9.17, 15) is 13.2 Å². The lowest BCUT2D eigenvalue weighted by Gasteiger charge is -2.12. The average molecular weight is 434 g/mol. The van der Waals surface area contributed by atoms with Gasteiger partial charge >= 0.3 is 0 Å². The lowest BCUT2D eigenvalue weighted by molar-refractivity contribution is 0.102. The van der Waals surface area contributed by atoms with Crippen molar-refractivity contribution in [3.8, 4) is 0 Å². The minimum Gasteiger partial charge on any atom is -0.322 e. The summed E-state index contributed by atoms with van der Waals surface area (Å²) in [6.07, 6.45) is 6.02. The van der Waals surface area contributed by atoms with E-state index >= 15 is 0 Å². The van der Waals surface area contributed by atoms with Gasteiger partial charge in [-0.05, 0) is 48.0 Å². The molecule has 0 spiro atoms. The molecule has 0 saturated heterocycles. The summed E-state index contributed by atoms with van der Waals surface area (Å²) in [6.45, 7) is 0.453. The fraction of sp³-hybridized carbons (Fsp3) is 0.0476. The largest absolute Gasteiger partial charge is 0.322 e. The first-order valence-electron chi connectivity index (χ1n) is 9.26. The number of carbonyl (C=O) groups is 1. The summed E-state index contributed by atoms with van der Waals surface area (Å²) in [5.74, 6) is -0.350. The van der Waals surface area contributed by atoms with Crippen LogP contribution < -0.4 is 10.0 Å². The lowest BCUT2D eigenvalue weighted by Crippen LogP contribution is -2.16. The van der Waals surface area contributed by atoms with Crippen LogP contribution in [0.25, 0.3) is 0 Å². The van der Waals surface area contributed by atoms with E-state index in [0.717, 1.165) is 5.56 Å². The smallest absolute Gasteiger partial charge is 0.261 e. The fourth-order valence-corrected chi connectivity index (χ4v) is 3.94. The van der Waals surface area contributed by atoms with Gasteiger partial charge in [0.25, 0.3) is 15.9 Å². The van der Waals surface area contributed by atoms with Crippen LogP contribution in [0.3, 0.4) is 0 Å². The number of pyridine rings is 1. The normalized spacial score (nSPS) is 11.1. The summed E-state index contributed by atoms with van der Waals surface area (Å²) in [5, 5.41) is 6.94. The molecule has 0 atom stereocenters. The van der Waals surface area contributed by atoms with Crippen molar-refractivity contribution in [3.05, 3.63) is 96.8 Å². The van der Waals surface area contributed by atoms with Crippen LogP contribution in [0.4, 0.5) is 11.4 Å². The summed E-state index contributed by atoms with van der Waals surface area (Å²) in [5.41, 5.74) is 2.24. The molecule has 4 rings (SSSR count). The van der Waals surface area contributed by atoms with E-state index in [1.54, 1.807) is 29.2 Å². The molecule has 2 heterocycles. The minimum atomic E-state index is -3.78. The van der Waals surface area contributed by atoms with Crippen molar-refractivity contribution in [2.75, 3.05) is 10.0 Å². The van der Waals surface area contributed by atoms with Crippen LogP contribution in [0.2, 0.25) is 0 Å². The van der Waals surface area contributed by atoms with E-state index in [1.807, 2.05) is 18.2 Å². The Morgan fingerprint density at radius 1 is 0.935 bits per heavy atom. The van der Waals surface area contributed by atoms with Crippen LogP contribution in [0, 0.1) is 0 Å². The summed E-state index contributed by atoms with van der Waals surface area (Å²) in [6, 6.07) is 16.2. The predicted octanol–water partition coefficient (Wildman–Crippen LogP) is 2.77. The summed E-state index contributed by atoms with van der Waals surface area (Å²) in [7, 11) is -3.78. The van der Waals surface area contributed by atoms with E-state index in [2.05, 4.69) is 25.1 Å². The number of rotatable bonds is 7. The summed E-state index contributed by atoms with van der Waals surface area (Å²) in [4.78, 5) is 20.5. The van der Waals surface area contributed by atoms with Crippen molar-refractivity contribution in [1.29, 1.82) is 0 Å². The number of nitrogens with one attached hydrogen (secondary N) is 2. The van der Waals surface area contributed by atoms with Crippen LogP contribution in [0.5, 0.6) is 0 Å². The molecule has 9 nitrogen and oxygen atoms in total. The third-order valence-corrected chi connectivity index (χ3v) is 5.82. The average Bonchev–Trinajstić information content (AvgIpc) is 3.29. The maximum atomic E-state index is 12.7. The molecule has 0 bridgehead atoms. The Morgan fingerprint density at radius 2 is 1.68 bits per heavy atom. The lowest BCUT2D eigenvalue weighted by atomic mass is 10.1. The fourth-order valence-electron chi connectivity index (χ4n) is 2.88. The van der Waals surface area contributed by atoms with Crippen LogP contribution >= 0.6 is 0 Å². The number of sulfonamides is 1. The van der Waals surface area contributed by atoms with E-state index in [-0.39, 0.29) is 10.8 Å². The van der Waals surface area contributed by atoms with Gasteiger partial charge in [0.15, 0.2) is 0 Å². The second-order valence-corrected chi connectivity index (χ2v) is 8.25. The molecule has 0 saturated carbocycles. The first kappa shape index (κ1) is 20.2. The number of para-hydroxylation sites is 1. The Morgan fingerprint density at radius 3 is 2.39 bits per heavy atom. The van der Waals surface area contributed by atoms with Gasteiger partial charge in [0, 0.05) is 23.6 Å². The standard InChI is InChI=1S/C21H18N6O3S/c28-21(25-20-4-2-1-3-17(20)13-27-15-23-14-24-27)16-5-7-19(8-6-16)31(29,30)26-18-9-11-22-12-10-18/h1-12,14-15H,13H2,(H,22,26)(H,25,28). The van der Waals surface area contributed by atoms with Gasteiger partial charge in [0.1, 0.15) is 12.7 Å². The van der Waals surface area contributed by atoms with Crippen molar-refractivity contribution in [3.63, 3.8) is 0 Å². The van der Waals surface area contributed by atoms with Gasteiger partial charge in [-0.2, -0.15) is 5.10 Å². The maximum absolute atomic E-state index is 12.7. The maximum Gasteiger partial charge on any atom is 0.261 e. The highest BCUT2D eigenvalue weighted by Crippen LogP contribution is 2.19. The number of hydrogen-bond acceptors (Lipinski definition) is 6. The van der Waals surface area contributed by atoms with Crippen LogP contribution in [-0.2, 0) is 16.6 Å². The molecule has 0 radical (unpaired) electrons. The van der Waals surface area contributed by atoms with Crippen molar-refractivity contribution < 1.29 is 13.2 Å². The quantitative estimate of drug-likeness (QED) is 0.462. The van der Waals surface area contributed by atoms with Gasteiger partial charge < -0.3 is 5.32 Å². The van der Waals surface area contributed by atoms with Gasteiger partial charge in [-0.15, -0.1) is 0 Å². The Labute approximate surface area is 178 Å². The molecule has 0 aliphatic rings. The second-order valence-electron chi connectivity index (χ2n) is 6.57. The Balaban J connectivity index is 1.48. The zero-order valence-corrected chi connectivity index (χ0v) is 17.0. The number of hydrogen-bond donors (Lipinski definition) is 2. The van der Waals surface area contributed by atoms with Gasteiger partial charge in [0.2, 0.25) is 0 Å². The highest BCUT2D eigenvalue weighted by molar-refractivity contribution is 7.92. The molecule has 0 unspecified atom stereocenters. The Kier molecular flexibility index (Phi) is 5.72. The SMILES string of the molecule is O=C(Nc1ccccc1Cn1cncn1)c1ccc(S(=O)(=O)Nc2ccncc2)cc1. The van der Waals surface area contributed by atoms with E-state index in [0.29, 0.717) is 23.5 Å². The number of aromatic nitrogens is 4. The Bertz CT molecular complexity index is 1270. The van der Waals surface area contributed by atoms with Crippen LogP contribution in [0.15, 0.2) is 90.6 Å².